The van der Waals surface area contributed by atoms with E-state index in [1.165, 1.54) is 20.9 Å². The molecule has 0 aliphatic heterocycles. The summed E-state index contributed by atoms with van der Waals surface area (Å²) < 4.78 is 0. The first kappa shape index (κ1) is 29.5. The molecule has 0 saturated carbocycles. The topological polar surface area (TPSA) is 164 Å². The lowest BCUT2D eigenvalue weighted by Gasteiger charge is -2.26. The molecule has 33 heavy (non-hydrogen) atoms. The normalized spacial score (nSPS) is 11.7. The third-order valence-corrected chi connectivity index (χ3v) is 4.45. The Morgan fingerprint density at radius 3 is 1.55 bits per heavy atom. The predicted octanol–water partition coefficient (Wildman–Crippen LogP) is -3.27. The van der Waals surface area contributed by atoms with Crippen molar-refractivity contribution in [3.8, 4) is 0 Å². The maximum Gasteiger partial charge on any atom is 0.351 e. The first-order valence-corrected chi connectivity index (χ1v) is 10.0. The van der Waals surface area contributed by atoms with E-state index in [0.29, 0.717) is 6.04 Å². The van der Waals surface area contributed by atoms with Gasteiger partial charge in [0, 0.05) is 16.1 Å². The van der Waals surface area contributed by atoms with Crippen LogP contribution in [0.25, 0.3) is 0 Å². The smallest absolute Gasteiger partial charge is 0.351 e. The highest BCUT2D eigenvalue weighted by Crippen LogP contribution is 2.20. The molecule has 0 heterocycles. The average Bonchev–Trinajstić information content (AvgIpc) is 2.75. The van der Waals surface area contributed by atoms with Crippen LogP contribution in [0, 0.1) is 0 Å². The molecule has 2 aromatic carbocycles. The largest absolute Gasteiger partial charge is 0.539 e. The number of hydrogen-bond acceptors (Lipinski definition) is 6. The van der Waals surface area contributed by atoms with Crippen LogP contribution in [0.5, 0.6) is 0 Å². The van der Waals surface area contributed by atoms with Crippen LogP contribution in [-0.4, -0.2) is 68.3 Å². The summed E-state index contributed by atoms with van der Waals surface area (Å²) in [5, 5.41) is 33.4. The molecule has 0 radical (unpaired) electrons. The summed E-state index contributed by atoms with van der Waals surface area (Å²) in [6.45, 7) is 2.28. The van der Waals surface area contributed by atoms with Gasteiger partial charge in [-0.05, 0) is 12.1 Å². The molecule has 2 aromatic rings. The molecule has 0 aliphatic rings. The third-order valence-electron chi connectivity index (χ3n) is 4.20. The van der Waals surface area contributed by atoms with Gasteiger partial charge in [0.25, 0.3) is 0 Å². The van der Waals surface area contributed by atoms with Crippen molar-refractivity contribution in [2.45, 2.75) is 6.04 Å². The van der Waals surface area contributed by atoms with Crippen LogP contribution in [0.2, 0.25) is 5.02 Å². The number of carbonyl (C=O) groups excluding carboxylic acids is 2. The van der Waals surface area contributed by atoms with Crippen molar-refractivity contribution < 1.29 is 49.4 Å². The van der Waals surface area contributed by atoms with E-state index in [-0.39, 0.29) is 0 Å². The SMILES string of the molecule is C[NH+](C)CC[NH+](C)C(c1ccccc1)c1ccc(Cl)cc1.O=C([O-])C(=O)O.O=C([O-])C(=O)O. The molecule has 10 nitrogen and oxygen atoms in total. The minimum Gasteiger partial charge on any atom is -0.539 e. The molecule has 0 fully saturated rings. The van der Waals surface area contributed by atoms with Gasteiger partial charge in [-0.15, -0.1) is 0 Å². The van der Waals surface area contributed by atoms with Gasteiger partial charge in [0.05, 0.1) is 21.1 Å². The summed E-state index contributed by atoms with van der Waals surface area (Å²) in [5.41, 5.74) is 2.67. The van der Waals surface area contributed by atoms with E-state index in [1.54, 1.807) is 0 Å². The van der Waals surface area contributed by atoms with Gasteiger partial charge in [-0.2, -0.15) is 0 Å². The lowest BCUT2D eigenvalue weighted by molar-refractivity contribution is -0.945. The van der Waals surface area contributed by atoms with Crippen molar-refractivity contribution in [1.29, 1.82) is 0 Å². The van der Waals surface area contributed by atoms with Gasteiger partial charge in [-0.1, -0.05) is 54.1 Å². The van der Waals surface area contributed by atoms with E-state index >= 15 is 0 Å². The number of hydrogen-bond donors (Lipinski definition) is 4. The van der Waals surface area contributed by atoms with Gasteiger partial charge in [0.15, 0.2) is 11.9 Å². The van der Waals surface area contributed by atoms with Crippen LogP contribution in [-0.2, 0) is 19.2 Å². The second kappa shape index (κ2) is 15.4. The number of quaternary nitrogens is 2. The maximum absolute atomic E-state index is 9.04. The Labute approximate surface area is 196 Å². The highest BCUT2D eigenvalue weighted by Gasteiger charge is 2.23. The van der Waals surface area contributed by atoms with Crippen molar-refractivity contribution in [2.24, 2.45) is 0 Å². The summed E-state index contributed by atoms with van der Waals surface area (Å²) in [7, 11) is 6.68. The van der Waals surface area contributed by atoms with Crippen molar-refractivity contribution in [3.05, 3.63) is 70.7 Å². The highest BCUT2D eigenvalue weighted by atomic mass is 35.5. The van der Waals surface area contributed by atoms with Crippen LogP contribution in [0.15, 0.2) is 54.6 Å². The lowest BCUT2D eigenvalue weighted by atomic mass is 9.97. The van der Waals surface area contributed by atoms with Crippen molar-refractivity contribution in [2.75, 3.05) is 34.2 Å². The number of carboxylic acid groups (broad SMARTS) is 4. The molecule has 11 heteroatoms. The Balaban J connectivity index is 0.000000705. The van der Waals surface area contributed by atoms with Gasteiger partial charge in [0.1, 0.15) is 19.1 Å². The fourth-order valence-corrected chi connectivity index (χ4v) is 2.78. The quantitative estimate of drug-likeness (QED) is 0.311. The number of rotatable bonds is 6. The lowest BCUT2D eigenvalue weighted by Crippen LogP contribution is -3.16. The first-order valence-electron chi connectivity index (χ1n) is 9.67. The Morgan fingerprint density at radius 1 is 0.788 bits per heavy atom. The number of likely N-dealkylation sites (N-methyl/N-ethyl adjacent to an activating group) is 2. The van der Waals surface area contributed by atoms with Crippen LogP contribution in [0.1, 0.15) is 17.2 Å². The van der Waals surface area contributed by atoms with Gasteiger partial charge >= 0.3 is 11.9 Å². The monoisotopic (exact) mass is 482 g/mol. The van der Waals surface area contributed by atoms with E-state index in [2.05, 4.69) is 63.6 Å². The zero-order chi connectivity index (χ0) is 25.6. The predicted molar refractivity (Wildman–Crippen MR) is 114 cm³/mol. The molecule has 0 aromatic heterocycles. The van der Waals surface area contributed by atoms with Gasteiger partial charge in [-0.25, -0.2) is 9.59 Å². The van der Waals surface area contributed by atoms with Crippen LogP contribution in [0.4, 0.5) is 0 Å². The minimum atomic E-state index is -2.07. The molecular weight excluding hydrogens is 456 g/mol. The number of halogens is 1. The Morgan fingerprint density at radius 2 is 1.18 bits per heavy atom. The summed E-state index contributed by atoms with van der Waals surface area (Å²) in [6, 6.07) is 19.3. The molecule has 0 aliphatic carbocycles. The van der Waals surface area contributed by atoms with E-state index in [4.69, 9.17) is 51.2 Å². The fourth-order valence-electron chi connectivity index (χ4n) is 2.65. The zero-order valence-electron chi connectivity index (χ0n) is 18.4. The third kappa shape index (κ3) is 12.9. The second-order valence-electron chi connectivity index (χ2n) is 7.13. The molecule has 0 saturated heterocycles. The minimum absolute atomic E-state index is 0.350. The molecule has 0 spiro atoms. The average molecular weight is 483 g/mol. The summed E-state index contributed by atoms with van der Waals surface area (Å²) in [6.07, 6.45) is 0. The Bertz CT molecular complexity index is 856. The molecule has 2 atom stereocenters. The van der Waals surface area contributed by atoms with E-state index < -0.39 is 23.9 Å². The number of nitrogens with one attached hydrogen (secondary N) is 2. The molecule has 0 bridgehead atoms. The van der Waals surface area contributed by atoms with Crippen LogP contribution < -0.4 is 20.0 Å². The maximum atomic E-state index is 9.04. The van der Waals surface area contributed by atoms with Gasteiger partial charge < -0.3 is 39.8 Å². The second-order valence-corrected chi connectivity index (χ2v) is 7.57. The van der Waals surface area contributed by atoms with Crippen molar-refractivity contribution >= 4 is 35.5 Å². The van der Waals surface area contributed by atoms with Gasteiger partial charge in [-0.3, -0.25) is 0 Å². The van der Waals surface area contributed by atoms with Crippen molar-refractivity contribution in [1.82, 2.24) is 0 Å². The summed E-state index contributed by atoms with van der Waals surface area (Å²) in [4.78, 5) is 39.0. The molecular formula is C22H27ClN2O8. The van der Waals surface area contributed by atoms with E-state index in [9.17, 15) is 0 Å². The zero-order valence-corrected chi connectivity index (χ0v) is 19.2. The number of aliphatic carboxylic acids is 4. The van der Waals surface area contributed by atoms with E-state index in [0.717, 1.165) is 18.1 Å². The van der Waals surface area contributed by atoms with E-state index in [1.807, 2.05) is 12.1 Å². The van der Waals surface area contributed by atoms with Crippen molar-refractivity contribution in [3.63, 3.8) is 0 Å². The molecule has 2 rings (SSSR count). The molecule has 2 unspecified atom stereocenters. The number of carbonyl (C=O) groups is 4. The van der Waals surface area contributed by atoms with Gasteiger partial charge in [0.2, 0.25) is 0 Å². The van der Waals surface area contributed by atoms with Crippen LogP contribution >= 0.6 is 11.6 Å². The highest BCUT2D eigenvalue weighted by molar-refractivity contribution is 6.30. The molecule has 4 N–H and O–H groups in total. The number of carboxylic acids is 4. The molecule has 0 amide bonds. The Hall–Kier alpha value is -3.47. The molecule has 180 valence electrons. The van der Waals surface area contributed by atoms with Crippen LogP contribution in [0.3, 0.4) is 0 Å². The Kier molecular flexibility index (Phi) is 13.7. The summed E-state index contributed by atoms with van der Waals surface area (Å²) >= 11 is 6.03. The summed E-state index contributed by atoms with van der Waals surface area (Å²) in [5.74, 6) is -8.02. The fraction of sp³-hybridized carbons (Fsp3) is 0.273. The standard InChI is InChI=1S/C18H23ClN2.2C2H2O4/c1-20(2)13-14-21(3)18(15-7-5-4-6-8-15)16-9-11-17(19)12-10-16;2*3-1(4)2(5)6/h4-12,18H,13-14H2,1-3H3;2*(H,3,4)(H,5,6). The first-order chi connectivity index (χ1) is 15.4. The number of benzene rings is 2.